The Morgan fingerprint density at radius 1 is 0.556 bits per heavy atom. The Kier molecular flexibility index (Phi) is 62.6. The smallest absolute Gasteiger partial charge is 0.285 e. The molecule has 0 aliphatic carbocycles. The van der Waals surface area contributed by atoms with E-state index < -0.39 is 25.3 Å². The van der Waals surface area contributed by atoms with Gasteiger partial charge in [-0.2, -0.15) is 13.8 Å². The third-order valence-electron chi connectivity index (χ3n) is 13.7. The third kappa shape index (κ3) is 40.8. The zero-order chi connectivity index (χ0) is 91.6. The van der Waals surface area contributed by atoms with E-state index in [0.717, 1.165) is 35.1 Å². The van der Waals surface area contributed by atoms with E-state index >= 15 is 0 Å². The van der Waals surface area contributed by atoms with Crippen molar-refractivity contribution in [1.29, 1.82) is 0 Å². The van der Waals surface area contributed by atoms with Crippen molar-refractivity contribution < 1.29 is 61.6 Å². The molecule has 0 atom stereocenters. The molecular formula is C82H85ClI7N21O11V2-2. The molecule has 0 saturated heterocycles. The number of nitrogens with one attached hydrogen (secondary N) is 6. The van der Waals surface area contributed by atoms with Crippen LogP contribution in [-0.2, 0) is 41.9 Å². The number of aromatic amines is 2. The number of carbonyl (C=O) groups excluding carboxylic acids is 1. The second kappa shape index (κ2) is 65.0. The number of rotatable bonds is 9. The first-order chi connectivity index (χ1) is 57.6. The first-order valence-electron chi connectivity index (χ1n) is 34.9. The van der Waals surface area contributed by atoms with Crippen LogP contribution in [0.4, 0.5) is 51.6 Å². The van der Waals surface area contributed by atoms with Crippen LogP contribution in [0.2, 0.25) is 5.15 Å². The molecule has 0 aliphatic heterocycles. The molecule has 12 rings (SSSR count). The second-order valence-corrected chi connectivity index (χ2v) is 43.6. The van der Waals surface area contributed by atoms with Gasteiger partial charge >= 0.3 is 0 Å². The summed E-state index contributed by atoms with van der Waals surface area (Å²) in [7, 11) is 5.30. The van der Waals surface area contributed by atoms with Gasteiger partial charge in [0, 0.05) is 121 Å². The molecule has 12 aromatic rings. The molecule has 0 unspecified atom stereocenters. The molecule has 32 nitrogen and oxygen atoms in total. The summed E-state index contributed by atoms with van der Waals surface area (Å²) >= 11 is 22.0. The first kappa shape index (κ1) is 119. The van der Waals surface area contributed by atoms with Gasteiger partial charge in [0.1, 0.15) is 64.0 Å². The summed E-state index contributed by atoms with van der Waals surface area (Å²) < 4.78 is 4.37. The predicted molar refractivity (Wildman–Crippen MR) is 555 cm³/mol. The fourth-order valence-electron chi connectivity index (χ4n) is 9.17. The van der Waals surface area contributed by atoms with Gasteiger partial charge in [-0.1, -0.05) is 212 Å². The summed E-state index contributed by atoms with van der Waals surface area (Å²) in [5.74, 6) is 29.2. The van der Waals surface area contributed by atoms with Gasteiger partial charge in [0.25, 0.3) is 33.9 Å². The van der Waals surface area contributed by atoms with Crippen LogP contribution in [0.3, 0.4) is 0 Å². The Hall–Kier alpha value is -8.66. The number of aromatic nitrogens is 12. The minimum atomic E-state index is -0.564. The fraction of sp³-hybridized carbons (Fsp3) is 0.232. The van der Waals surface area contributed by atoms with Gasteiger partial charge in [-0.25, -0.2) is 49.8 Å². The number of H-pyrrole nitrogens is 2. The van der Waals surface area contributed by atoms with Gasteiger partial charge in [-0.05, 0) is 108 Å². The van der Waals surface area contributed by atoms with E-state index in [9.17, 15) is 54.8 Å². The number of amides is 1. The summed E-state index contributed by atoms with van der Waals surface area (Å²) in [4.78, 5) is 120. The number of alkyl halides is 6. The number of nitrogens with zero attached hydrogens (tertiary/aromatic N) is 14. The van der Waals surface area contributed by atoms with E-state index in [2.05, 4.69) is 333 Å². The Morgan fingerprint density at radius 3 is 1.22 bits per heavy atom. The average Bonchev–Trinajstić information content (AvgIpc) is 0.821. The van der Waals surface area contributed by atoms with Gasteiger partial charge in [0.2, 0.25) is 5.91 Å². The molecule has 0 aliphatic rings. The van der Waals surface area contributed by atoms with Crippen LogP contribution in [0.1, 0.15) is 118 Å². The number of fused-ring (bicyclic) bond motifs is 6. The van der Waals surface area contributed by atoms with E-state index in [4.69, 9.17) is 17.3 Å². The van der Waals surface area contributed by atoms with Crippen molar-refractivity contribution in [2.45, 2.75) is 91.9 Å². The van der Waals surface area contributed by atoms with Crippen LogP contribution in [-0.4, -0.2) is 112 Å². The monoisotopic (exact) mass is 2560 g/mol. The molecule has 2 radical (unpaired) electrons. The van der Waals surface area contributed by atoms with Crippen LogP contribution in [0.5, 0.6) is 0 Å². The molecule has 0 saturated carbocycles. The number of benzene rings is 6. The Labute approximate surface area is 842 Å². The van der Waals surface area contributed by atoms with Gasteiger partial charge < -0.3 is 66.5 Å². The van der Waals surface area contributed by atoms with E-state index in [1.807, 2.05) is 56.5 Å². The minimum absolute atomic E-state index is 0. The van der Waals surface area contributed by atoms with Gasteiger partial charge in [-0.15, -0.1) is 29.6 Å². The van der Waals surface area contributed by atoms with E-state index in [-0.39, 0.29) is 100 Å². The van der Waals surface area contributed by atoms with E-state index in [1.54, 1.807) is 61.7 Å². The zero-order valence-corrected chi connectivity index (χ0v) is 87.2. The average molecular weight is 2570 g/mol. The van der Waals surface area contributed by atoms with E-state index in [1.165, 1.54) is 97.0 Å². The molecule has 124 heavy (non-hydrogen) atoms. The standard InChI is InChI=1S/C15H14N4O.C12H10N4O2.C12H12N4.C11H6ClN3O2.C11H7N3O3.C8H5N3O3.C2H3I3.C2H4I2.C2H5I.C2H4I.C2H6.C2H5.CH4.2V/c1-4-6-10-7-13-11(15(16-3)18-9-17-13)8-12(10)19-14(20)5-2;1-3-4-8-5-10-9(6-11(8)16(17)18)12(13-2)15-7-14-10;1-3-4-8-5-11-9(6-10(8)13)12(14-2)16-7-15-11;1-2-3-7-4-9-8(5-10(7)15(16)17)11(12)14-6-13-9;1-2-3-7-4-9-8(5-10(7)14(16)17)11(15)13-6-12-9;12-8-6-3-5(11(13)14)1-2-7(6)9-4-10-8;1-2(3,4)5;1-2(3)4;2*1-2-3;2*1-2;;;/h5,7-9H,2H2,1,3H3,(H,19,20)(H,16,17,18);5-7H,1-2H3,(H,13,14,15);5-7H,13H2,1-2H3,(H,14,15,16);4-6H,1H3;4-6H,1H3,(H,12,13,15);1-4H,(H,9,10,12);1H3;2H,1H3;2H2,1H3;2H,1H3;1-2H3;1H2,2H3;1H4;;/q;;;;;;;;;-1;;-1;;;. The van der Waals surface area contributed by atoms with Crippen molar-refractivity contribution in [2.24, 2.45) is 0 Å². The Bertz CT molecular complexity index is 6070. The van der Waals surface area contributed by atoms with E-state index in [0.29, 0.717) is 72.0 Å². The second-order valence-electron chi connectivity index (χ2n) is 21.7. The molecule has 1 amide bonds. The Morgan fingerprint density at radius 2 is 0.855 bits per heavy atom. The molecule has 6 heterocycles. The number of carbonyl (C=O) groups is 1. The van der Waals surface area contributed by atoms with Crippen molar-refractivity contribution in [2.75, 3.05) is 52.6 Å². The predicted octanol–water partition coefficient (Wildman–Crippen LogP) is 21.0. The van der Waals surface area contributed by atoms with Crippen LogP contribution >= 0.6 is 170 Å². The SMILES string of the molecule is C.C=CC(=O)Nc1cc2c(NC)ncnc2cc1C#CC.CC.CC#Cc1cc2nc[nH]c(=O)c2cc1[N+](=O)[O-].CC#Cc1cc2ncnc(Cl)c2cc1[N+](=O)[O-].CC#Cc1cc2ncnc(NC)c2cc1N.CC#Cc1cc2ncnc(NC)c2cc1[N+](=O)[O-].CC(I)(I)I.CC(I)I.CCI.C[CH-]I.O=c1[nH]cnc2ccc([N+](=O)[O-])cc12.[CH2-]C.[V].[V]. The molecule has 0 fully saturated rings. The largest absolute Gasteiger partial charge is 0.398 e. The number of hydrogen-bond donors (Lipinski definition) is 7. The number of non-ortho nitro benzene ring substituents is 1. The maximum Gasteiger partial charge on any atom is 0.285 e. The zero-order valence-electron chi connectivity index (χ0n) is 68.6. The molecule has 652 valence electrons. The summed E-state index contributed by atoms with van der Waals surface area (Å²) in [6, 6.07) is 19.9. The third-order valence-corrected chi connectivity index (χ3v) is 14.0. The fourth-order valence-corrected chi connectivity index (χ4v) is 9.37. The number of nitrogen functional groups attached to an aromatic ring is 1. The van der Waals surface area contributed by atoms with Gasteiger partial charge in [-0.3, -0.25) is 59.3 Å². The number of nitro groups is 4. The van der Waals surface area contributed by atoms with Crippen LogP contribution < -0.4 is 38.1 Å². The molecule has 0 spiro atoms. The summed E-state index contributed by atoms with van der Waals surface area (Å²) in [5, 5.41) is 58.2. The molecule has 0 bridgehead atoms. The maximum absolute atomic E-state index is 11.5. The first-order valence-corrected chi connectivity index (χ1v) is 43.7. The van der Waals surface area contributed by atoms with Crippen molar-refractivity contribution in [1.82, 2.24) is 59.8 Å². The molecule has 6 aromatic carbocycles. The Balaban J connectivity index is -0.00000135. The summed E-state index contributed by atoms with van der Waals surface area (Å²) in [6.45, 7) is 29.2. The quantitative estimate of drug-likeness (QED) is 0.00812. The molecule has 8 N–H and O–H groups in total. The van der Waals surface area contributed by atoms with Crippen molar-refractivity contribution in [3.05, 3.63) is 235 Å². The number of nitro benzene ring substituents is 4. The van der Waals surface area contributed by atoms with Gasteiger partial charge in [0.15, 0.2) is 0 Å². The van der Waals surface area contributed by atoms with Crippen molar-refractivity contribution in [3.8, 4) is 59.2 Å². The minimum Gasteiger partial charge on any atom is -0.398 e. The van der Waals surface area contributed by atoms with Crippen LogP contribution in [0, 0.1) is 111 Å². The number of hydrogen-bond acceptors (Lipinski definition) is 25. The maximum atomic E-state index is 11.5. The van der Waals surface area contributed by atoms with Gasteiger partial charge in [0.05, 0.1) is 89.4 Å². The number of anilines is 5. The molecule has 6 aromatic heterocycles. The molecule has 42 heteroatoms. The molecular weight excluding hydrogens is 2480 g/mol. The normalized spacial score (nSPS) is 9.17. The van der Waals surface area contributed by atoms with Crippen molar-refractivity contribution >= 4 is 293 Å². The summed E-state index contributed by atoms with van der Waals surface area (Å²) in [5.41, 5.74) is 12.0. The number of nitrogens with two attached hydrogens (primary N) is 1. The van der Waals surface area contributed by atoms with Crippen LogP contribution in [0.25, 0.3) is 65.4 Å². The topological polar surface area (TPSA) is 458 Å². The number of halogens is 8. The van der Waals surface area contributed by atoms with Crippen molar-refractivity contribution in [3.63, 3.8) is 0 Å². The summed E-state index contributed by atoms with van der Waals surface area (Å²) in [6.07, 6.45) is 9.44. The van der Waals surface area contributed by atoms with Crippen LogP contribution in [0.15, 0.2) is 139 Å².